The summed E-state index contributed by atoms with van der Waals surface area (Å²) < 4.78 is 27.9. The van der Waals surface area contributed by atoms with Crippen molar-refractivity contribution in [3.05, 3.63) is 58.7 Å². The Bertz CT molecular complexity index is 983. The van der Waals surface area contributed by atoms with Crippen LogP contribution in [-0.2, 0) is 10.0 Å². The number of benzene rings is 2. The summed E-state index contributed by atoms with van der Waals surface area (Å²) in [6.45, 7) is 7.02. The van der Waals surface area contributed by atoms with Gasteiger partial charge in [-0.2, -0.15) is 4.31 Å². The lowest BCUT2D eigenvalue weighted by atomic mass is 10.1. The predicted octanol–water partition coefficient (Wildman–Crippen LogP) is 2.82. The third-order valence-electron chi connectivity index (χ3n) is 5.36. The molecule has 6 nitrogen and oxygen atoms in total. The number of amides is 1. The summed E-state index contributed by atoms with van der Waals surface area (Å²) in [7, 11) is 0.325. The van der Waals surface area contributed by atoms with Gasteiger partial charge in [-0.1, -0.05) is 17.7 Å². The van der Waals surface area contributed by atoms with Crippen LogP contribution in [0.15, 0.2) is 41.3 Å². The molecular weight excluding hydrogens is 386 g/mol. The average Bonchev–Trinajstić information content (AvgIpc) is 2.66. The first-order chi connectivity index (χ1) is 13.6. The Morgan fingerprint density at radius 3 is 1.90 bits per heavy atom. The summed E-state index contributed by atoms with van der Waals surface area (Å²) in [5.41, 5.74) is 4.23. The summed E-state index contributed by atoms with van der Waals surface area (Å²) >= 11 is 0. The number of carbonyl (C=O) groups excluding carboxylic acids is 1. The molecule has 0 N–H and O–H groups in total. The van der Waals surface area contributed by atoms with Crippen LogP contribution in [0.2, 0.25) is 0 Å². The molecule has 0 bridgehead atoms. The summed E-state index contributed by atoms with van der Waals surface area (Å²) in [5, 5.41) is 0. The predicted molar refractivity (Wildman–Crippen MR) is 116 cm³/mol. The standard InChI is InChI=1S/C22H29N3O3S/c1-16-14-17(2)21(18(3)15-16)29(27,28)25-12-10-24(11-13-25)22(26)19-6-8-20(9-7-19)23(4)5/h6-9,14-15H,10-13H2,1-5H3. The lowest BCUT2D eigenvalue weighted by molar-refractivity contribution is 0.0698. The lowest BCUT2D eigenvalue weighted by Gasteiger charge is -2.34. The zero-order valence-electron chi connectivity index (χ0n) is 17.8. The van der Waals surface area contributed by atoms with Crippen molar-refractivity contribution in [2.45, 2.75) is 25.7 Å². The van der Waals surface area contributed by atoms with Gasteiger partial charge in [-0.15, -0.1) is 0 Å². The minimum atomic E-state index is -3.58. The number of carbonyl (C=O) groups is 1. The van der Waals surface area contributed by atoms with Crippen LogP contribution >= 0.6 is 0 Å². The Balaban J connectivity index is 1.72. The van der Waals surface area contributed by atoms with Crippen LogP contribution < -0.4 is 4.90 Å². The molecule has 2 aromatic carbocycles. The van der Waals surface area contributed by atoms with Crippen LogP contribution in [0, 0.1) is 20.8 Å². The molecule has 29 heavy (non-hydrogen) atoms. The van der Waals surface area contributed by atoms with Crippen LogP contribution in [0.1, 0.15) is 27.0 Å². The van der Waals surface area contributed by atoms with Gasteiger partial charge < -0.3 is 9.80 Å². The molecule has 0 aliphatic carbocycles. The van der Waals surface area contributed by atoms with Crippen LogP contribution in [0.25, 0.3) is 0 Å². The lowest BCUT2D eigenvalue weighted by Crippen LogP contribution is -2.50. The maximum absolute atomic E-state index is 13.2. The van der Waals surface area contributed by atoms with Gasteiger partial charge >= 0.3 is 0 Å². The van der Waals surface area contributed by atoms with E-state index in [0.717, 1.165) is 22.4 Å². The summed E-state index contributed by atoms with van der Waals surface area (Å²) in [6.07, 6.45) is 0. The fourth-order valence-electron chi connectivity index (χ4n) is 3.92. The zero-order chi connectivity index (χ0) is 21.3. The number of aryl methyl sites for hydroxylation is 3. The van der Waals surface area contributed by atoms with Crippen LogP contribution in [0.5, 0.6) is 0 Å². The van der Waals surface area contributed by atoms with Gasteiger partial charge in [0.15, 0.2) is 0 Å². The molecule has 1 amide bonds. The number of piperazine rings is 1. The Hall–Kier alpha value is -2.38. The van der Waals surface area contributed by atoms with Gasteiger partial charge in [-0.05, 0) is 56.2 Å². The maximum atomic E-state index is 13.2. The molecule has 0 spiro atoms. The first kappa shape index (κ1) is 21.3. The minimum absolute atomic E-state index is 0.0601. The van der Waals surface area contributed by atoms with Gasteiger partial charge in [0.1, 0.15) is 0 Å². The van der Waals surface area contributed by atoms with E-state index in [1.807, 2.05) is 76.2 Å². The fourth-order valence-corrected chi connectivity index (χ4v) is 5.75. The molecule has 1 fully saturated rings. The number of nitrogens with zero attached hydrogens (tertiary/aromatic N) is 3. The van der Waals surface area contributed by atoms with Crippen molar-refractivity contribution in [3.8, 4) is 0 Å². The van der Waals surface area contributed by atoms with Crippen LogP contribution in [0.3, 0.4) is 0 Å². The second-order valence-electron chi connectivity index (χ2n) is 7.87. The highest BCUT2D eigenvalue weighted by Crippen LogP contribution is 2.26. The third kappa shape index (κ3) is 4.31. The maximum Gasteiger partial charge on any atom is 0.253 e. The molecule has 1 heterocycles. The first-order valence-corrected chi connectivity index (χ1v) is 11.2. The van der Waals surface area contributed by atoms with Crippen LogP contribution in [0.4, 0.5) is 5.69 Å². The Kier molecular flexibility index (Phi) is 6.00. The number of hydrogen-bond donors (Lipinski definition) is 0. The van der Waals surface area contributed by atoms with E-state index in [-0.39, 0.29) is 5.91 Å². The molecule has 0 unspecified atom stereocenters. The molecule has 2 aromatic rings. The molecule has 1 aliphatic heterocycles. The number of rotatable bonds is 4. The van der Waals surface area contributed by atoms with E-state index in [2.05, 4.69) is 0 Å². The fraction of sp³-hybridized carbons (Fsp3) is 0.409. The number of hydrogen-bond acceptors (Lipinski definition) is 4. The van der Waals surface area contributed by atoms with Crippen molar-refractivity contribution in [2.24, 2.45) is 0 Å². The normalized spacial score (nSPS) is 15.4. The highest BCUT2D eigenvalue weighted by molar-refractivity contribution is 7.89. The number of sulfonamides is 1. The molecule has 1 aliphatic rings. The van der Waals surface area contributed by atoms with Gasteiger partial charge in [-0.3, -0.25) is 4.79 Å². The van der Waals surface area contributed by atoms with E-state index in [4.69, 9.17) is 0 Å². The van der Waals surface area contributed by atoms with E-state index in [0.29, 0.717) is 36.6 Å². The highest BCUT2D eigenvalue weighted by atomic mass is 32.2. The van der Waals surface area contributed by atoms with E-state index in [1.165, 1.54) is 4.31 Å². The van der Waals surface area contributed by atoms with Gasteiger partial charge in [-0.25, -0.2) is 8.42 Å². The van der Waals surface area contributed by atoms with Crippen molar-refractivity contribution in [2.75, 3.05) is 45.2 Å². The summed E-state index contributed by atoms with van der Waals surface area (Å²) in [4.78, 5) is 16.9. The number of anilines is 1. The van der Waals surface area contributed by atoms with Gasteiger partial charge in [0, 0.05) is 51.5 Å². The van der Waals surface area contributed by atoms with Gasteiger partial charge in [0.05, 0.1) is 4.90 Å². The Labute approximate surface area is 173 Å². The molecule has 156 valence electrons. The van der Waals surface area contributed by atoms with Gasteiger partial charge in [0.25, 0.3) is 5.91 Å². The highest BCUT2D eigenvalue weighted by Gasteiger charge is 2.32. The Morgan fingerprint density at radius 2 is 1.41 bits per heavy atom. The first-order valence-electron chi connectivity index (χ1n) is 9.76. The van der Waals surface area contributed by atoms with E-state index < -0.39 is 10.0 Å². The van der Waals surface area contributed by atoms with Crippen molar-refractivity contribution < 1.29 is 13.2 Å². The molecule has 0 atom stereocenters. The largest absolute Gasteiger partial charge is 0.378 e. The molecular formula is C22H29N3O3S. The molecule has 3 rings (SSSR count). The SMILES string of the molecule is Cc1cc(C)c(S(=O)(=O)N2CCN(C(=O)c3ccc(N(C)C)cc3)CC2)c(C)c1. The van der Waals surface area contributed by atoms with E-state index in [9.17, 15) is 13.2 Å². The molecule has 7 heteroatoms. The second-order valence-corrected chi connectivity index (χ2v) is 9.74. The average molecular weight is 416 g/mol. The Morgan fingerprint density at radius 1 is 0.897 bits per heavy atom. The van der Waals surface area contributed by atoms with Crippen LogP contribution in [-0.4, -0.2) is 63.8 Å². The molecule has 0 radical (unpaired) electrons. The summed E-state index contributed by atoms with van der Waals surface area (Å²) in [6, 6.07) is 11.3. The zero-order valence-corrected chi connectivity index (χ0v) is 18.6. The monoisotopic (exact) mass is 415 g/mol. The third-order valence-corrected chi connectivity index (χ3v) is 7.56. The van der Waals surface area contributed by atoms with Gasteiger partial charge in [0.2, 0.25) is 10.0 Å². The molecule has 0 aromatic heterocycles. The molecule has 1 saturated heterocycles. The van der Waals surface area contributed by atoms with E-state index in [1.54, 1.807) is 4.90 Å². The summed E-state index contributed by atoms with van der Waals surface area (Å²) in [5.74, 6) is -0.0601. The van der Waals surface area contributed by atoms with E-state index >= 15 is 0 Å². The topological polar surface area (TPSA) is 60.9 Å². The van der Waals surface area contributed by atoms with Crippen molar-refractivity contribution in [1.82, 2.24) is 9.21 Å². The minimum Gasteiger partial charge on any atom is -0.378 e. The van der Waals surface area contributed by atoms with Crippen molar-refractivity contribution in [3.63, 3.8) is 0 Å². The van der Waals surface area contributed by atoms with Crippen molar-refractivity contribution in [1.29, 1.82) is 0 Å². The smallest absolute Gasteiger partial charge is 0.253 e. The molecule has 0 saturated carbocycles. The second kappa shape index (κ2) is 8.16. The van der Waals surface area contributed by atoms with Crippen molar-refractivity contribution >= 4 is 21.6 Å². The quantitative estimate of drug-likeness (QED) is 0.770.